The van der Waals surface area contributed by atoms with Crippen molar-refractivity contribution < 1.29 is 13.5 Å². The van der Waals surface area contributed by atoms with Gasteiger partial charge in [-0.05, 0) is 35.7 Å². The molecule has 0 radical (unpaired) electrons. The number of sulfonamides is 1. The first-order valence-corrected chi connectivity index (χ1v) is 8.23. The molecule has 0 fully saturated rings. The average Bonchev–Trinajstić information content (AvgIpc) is 2.48. The predicted octanol–water partition coefficient (Wildman–Crippen LogP) is 2.62. The van der Waals surface area contributed by atoms with Crippen LogP contribution in [0.25, 0.3) is 0 Å². The minimum absolute atomic E-state index is 0.116. The van der Waals surface area contributed by atoms with E-state index in [-0.39, 0.29) is 18.0 Å². The van der Waals surface area contributed by atoms with Crippen molar-refractivity contribution in [2.24, 2.45) is 0 Å². The molecule has 0 saturated carbocycles. The lowest BCUT2D eigenvalue weighted by atomic mass is 10.1. The van der Waals surface area contributed by atoms with Crippen molar-refractivity contribution in [3.63, 3.8) is 0 Å². The molecule has 0 bridgehead atoms. The zero-order chi connectivity index (χ0) is 15.5. The molecule has 0 aliphatic heterocycles. The summed E-state index contributed by atoms with van der Waals surface area (Å²) in [5, 5.41) is 9.62. The summed E-state index contributed by atoms with van der Waals surface area (Å²) in [7, 11) is -3.65. The van der Waals surface area contributed by atoms with Gasteiger partial charge in [0, 0.05) is 11.6 Å². The van der Waals surface area contributed by atoms with Gasteiger partial charge in [-0.25, -0.2) is 13.1 Å². The topological polar surface area (TPSA) is 66.4 Å². The number of rotatable bonds is 5. The summed E-state index contributed by atoms with van der Waals surface area (Å²) >= 11 is 5.86. The normalized spacial score (nSPS) is 11.6. The highest BCUT2D eigenvalue weighted by atomic mass is 35.5. The highest BCUT2D eigenvalue weighted by Crippen LogP contribution is 2.20. The highest BCUT2D eigenvalue weighted by Gasteiger charge is 2.17. The molecule has 0 aliphatic rings. The van der Waals surface area contributed by atoms with E-state index in [1.807, 2.05) is 0 Å². The van der Waals surface area contributed by atoms with Crippen LogP contribution in [-0.4, -0.2) is 13.5 Å². The molecule has 2 rings (SSSR count). The van der Waals surface area contributed by atoms with Gasteiger partial charge >= 0.3 is 0 Å². The van der Waals surface area contributed by atoms with Crippen molar-refractivity contribution in [3.05, 3.63) is 64.2 Å². The van der Waals surface area contributed by atoms with Gasteiger partial charge in [-0.3, -0.25) is 0 Å². The van der Waals surface area contributed by atoms with Crippen LogP contribution in [0, 0.1) is 6.92 Å². The van der Waals surface area contributed by atoms with Crippen molar-refractivity contribution in [2.75, 3.05) is 0 Å². The second-order valence-corrected chi connectivity index (χ2v) is 6.83. The van der Waals surface area contributed by atoms with E-state index in [1.165, 1.54) is 6.07 Å². The Morgan fingerprint density at radius 1 is 1.14 bits per heavy atom. The zero-order valence-electron chi connectivity index (χ0n) is 11.5. The fraction of sp³-hybridized carbons (Fsp3) is 0.200. The van der Waals surface area contributed by atoms with Crippen LogP contribution in [0.4, 0.5) is 0 Å². The van der Waals surface area contributed by atoms with Gasteiger partial charge in [-0.1, -0.05) is 41.9 Å². The van der Waals surface area contributed by atoms with Crippen molar-refractivity contribution in [2.45, 2.75) is 25.0 Å². The number of hydrogen-bond donors (Lipinski definition) is 2. The van der Waals surface area contributed by atoms with E-state index >= 15 is 0 Å². The maximum absolute atomic E-state index is 12.3. The number of nitrogens with one attached hydrogen (secondary N) is 1. The van der Waals surface area contributed by atoms with Gasteiger partial charge in [0.05, 0.1) is 11.5 Å². The molecule has 0 atom stereocenters. The fourth-order valence-corrected chi connectivity index (χ4v) is 3.51. The van der Waals surface area contributed by atoms with E-state index in [0.29, 0.717) is 16.1 Å². The van der Waals surface area contributed by atoms with Crippen LogP contribution in [0.1, 0.15) is 16.7 Å². The van der Waals surface area contributed by atoms with Crippen LogP contribution >= 0.6 is 11.6 Å². The second kappa shape index (κ2) is 6.58. The molecule has 2 aromatic carbocycles. The third-order valence-corrected chi connectivity index (χ3v) is 4.96. The van der Waals surface area contributed by atoms with Gasteiger partial charge in [0.2, 0.25) is 10.0 Å². The van der Waals surface area contributed by atoms with Crippen molar-refractivity contribution in [3.8, 4) is 0 Å². The van der Waals surface area contributed by atoms with Crippen LogP contribution in [0.3, 0.4) is 0 Å². The average molecular weight is 326 g/mol. The third-order valence-electron chi connectivity index (χ3n) is 3.18. The van der Waals surface area contributed by atoms with Crippen molar-refractivity contribution in [1.82, 2.24) is 4.72 Å². The number of hydrogen-bond acceptors (Lipinski definition) is 3. The summed E-state index contributed by atoms with van der Waals surface area (Å²) in [6.07, 6.45) is 0. The third kappa shape index (κ3) is 3.83. The number of halogens is 1. The molecule has 0 aliphatic carbocycles. The Morgan fingerprint density at radius 2 is 1.81 bits per heavy atom. The summed E-state index contributed by atoms with van der Waals surface area (Å²) in [5.74, 6) is 0. The van der Waals surface area contributed by atoms with Crippen LogP contribution in [0.2, 0.25) is 5.02 Å². The van der Waals surface area contributed by atoms with E-state index in [0.717, 1.165) is 5.56 Å². The number of aliphatic hydroxyl groups is 1. The minimum Gasteiger partial charge on any atom is -0.392 e. The summed E-state index contributed by atoms with van der Waals surface area (Å²) in [6, 6.07) is 11.9. The Morgan fingerprint density at radius 3 is 2.48 bits per heavy atom. The maximum atomic E-state index is 12.3. The molecular weight excluding hydrogens is 310 g/mol. The molecule has 0 amide bonds. The molecular formula is C15H16ClNO3S. The number of benzene rings is 2. The Labute approximate surface area is 129 Å². The van der Waals surface area contributed by atoms with E-state index in [1.54, 1.807) is 43.3 Å². The smallest absolute Gasteiger partial charge is 0.241 e. The van der Waals surface area contributed by atoms with E-state index in [4.69, 9.17) is 11.6 Å². The fourth-order valence-electron chi connectivity index (χ4n) is 2.00. The number of aliphatic hydroxyl groups excluding tert-OH is 1. The first-order valence-electron chi connectivity index (χ1n) is 6.37. The van der Waals surface area contributed by atoms with Gasteiger partial charge < -0.3 is 5.11 Å². The standard InChI is InChI=1S/C15H16ClNO3S/c1-11-6-7-14(16)8-15(11)21(19,20)17-9-12-4-2-3-5-13(12)10-18/h2-8,17-18H,9-10H2,1H3. The van der Waals surface area contributed by atoms with E-state index in [2.05, 4.69) is 4.72 Å². The lowest BCUT2D eigenvalue weighted by Gasteiger charge is -2.11. The quantitative estimate of drug-likeness (QED) is 0.888. The van der Waals surface area contributed by atoms with Gasteiger partial charge in [0.25, 0.3) is 0 Å². The molecule has 0 heterocycles. The molecule has 4 nitrogen and oxygen atoms in total. The van der Waals surface area contributed by atoms with Gasteiger partial charge in [-0.15, -0.1) is 0 Å². The molecule has 6 heteroatoms. The van der Waals surface area contributed by atoms with Crippen LogP contribution in [-0.2, 0) is 23.2 Å². The molecule has 21 heavy (non-hydrogen) atoms. The summed E-state index contributed by atoms with van der Waals surface area (Å²) in [4.78, 5) is 0.163. The van der Waals surface area contributed by atoms with E-state index < -0.39 is 10.0 Å². The molecule has 0 saturated heterocycles. The largest absolute Gasteiger partial charge is 0.392 e. The Bertz CT molecular complexity index is 744. The summed E-state index contributed by atoms with van der Waals surface area (Å²) < 4.78 is 27.2. The Balaban J connectivity index is 2.24. The lowest BCUT2D eigenvalue weighted by Crippen LogP contribution is -2.24. The highest BCUT2D eigenvalue weighted by molar-refractivity contribution is 7.89. The molecule has 0 spiro atoms. The van der Waals surface area contributed by atoms with Gasteiger partial charge in [0.15, 0.2) is 0 Å². The van der Waals surface area contributed by atoms with Crippen LogP contribution < -0.4 is 4.72 Å². The molecule has 2 N–H and O–H groups in total. The van der Waals surface area contributed by atoms with Gasteiger partial charge in [-0.2, -0.15) is 0 Å². The molecule has 112 valence electrons. The van der Waals surface area contributed by atoms with E-state index in [9.17, 15) is 13.5 Å². The first-order chi connectivity index (χ1) is 9.94. The lowest BCUT2D eigenvalue weighted by molar-refractivity contribution is 0.280. The minimum atomic E-state index is -3.65. The predicted molar refractivity (Wildman–Crippen MR) is 82.6 cm³/mol. The first kappa shape index (κ1) is 16.0. The summed E-state index contributed by atoms with van der Waals surface area (Å²) in [6.45, 7) is 1.70. The maximum Gasteiger partial charge on any atom is 0.241 e. The monoisotopic (exact) mass is 325 g/mol. The Kier molecular flexibility index (Phi) is 5.00. The Hall–Kier alpha value is -1.40. The van der Waals surface area contributed by atoms with Crippen LogP contribution in [0.5, 0.6) is 0 Å². The van der Waals surface area contributed by atoms with Crippen LogP contribution in [0.15, 0.2) is 47.4 Å². The molecule has 0 aromatic heterocycles. The van der Waals surface area contributed by atoms with Crippen molar-refractivity contribution in [1.29, 1.82) is 0 Å². The second-order valence-electron chi connectivity index (χ2n) is 4.66. The van der Waals surface area contributed by atoms with Gasteiger partial charge in [0.1, 0.15) is 0 Å². The molecule has 0 unspecified atom stereocenters. The summed E-state index contributed by atoms with van der Waals surface area (Å²) in [5.41, 5.74) is 2.06. The SMILES string of the molecule is Cc1ccc(Cl)cc1S(=O)(=O)NCc1ccccc1CO. The van der Waals surface area contributed by atoms with Crippen molar-refractivity contribution >= 4 is 21.6 Å². The zero-order valence-corrected chi connectivity index (χ0v) is 13.1. The number of aryl methyl sites for hydroxylation is 1. The molecule has 2 aromatic rings.